The zero-order valence-corrected chi connectivity index (χ0v) is 21.0. The van der Waals surface area contributed by atoms with Gasteiger partial charge in [0.2, 0.25) is 11.9 Å². The van der Waals surface area contributed by atoms with Crippen LogP contribution < -0.4 is 20.3 Å². The smallest absolute Gasteiger partial charge is 0.416 e. The normalized spacial score (nSPS) is 16.3. The third-order valence-electron chi connectivity index (χ3n) is 5.92. The fourth-order valence-electron chi connectivity index (χ4n) is 4.08. The van der Waals surface area contributed by atoms with E-state index >= 15 is 0 Å². The van der Waals surface area contributed by atoms with E-state index in [0.717, 1.165) is 42.9 Å². The molecule has 1 aliphatic heterocycles. The molecule has 1 saturated heterocycles. The average Bonchev–Trinajstić information content (AvgIpc) is 2.86. The van der Waals surface area contributed by atoms with Gasteiger partial charge in [0.15, 0.2) is 6.61 Å². The lowest BCUT2D eigenvalue weighted by molar-refractivity contribution is -0.137. The second kappa shape index (κ2) is 11.4. The van der Waals surface area contributed by atoms with Gasteiger partial charge in [-0.1, -0.05) is 25.1 Å². The van der Waals surface area contributed by atoms with Gasteiger partial charge >= 0.3 is 12.2 Å². The topological polar surface area (TPSA) is 75.2 Å². The molecule has 0 bridgehead atoms. The summed E-state index contributed by atoms with van der Waals surface area (Å²) in [5.41, 5.74) is 1.27. The molecule has 1 unspecified atom stereocenters. The van der Waals surface area contributed by atoms with Crippen LogP contribution in [0, 0.1) is 5.92 Å². The lowest BCUT2D eigenvalue weighted by Crippen LogP contribution is -2.34. The predicted molar refractivity (Wildman–Crippen MR) is 135 cm³/mol. The van der Waals surface area contributed by atoms with Gasteiger partial charge in [-0.25, -0.2) is 8.78 Å². The van der Waals surface area contributed by atoms with Crippen LogP contribution in [0.15, 0.2) is 48.5 Å². The van der Waals surface area contributed by atoms with Crippen LogP contribution in [0.5, 0.6) is 6.01 Å². The van der Waals surface area contributed by atoms with Crippen LogP contribution in [-0.2, 0) is 12.7 Å². The van der Waals surface area contributed by atoms with Gasteiger partial charge in [0.05, 0.1) is 5.56 Å². The Morgan fingerprint density at radius 1 is 1.00 bits per heavy atom. The molecule has 1 aromatic heterocycles. The summed E-state index contributed by atoms with van der Waals surface area (Å²) in [4.78, 5) is 14.5. The SMILES string of the molecule is CC1CCCN(c2ccc(CNc3nc(Nc4cccc(C(F)(F)F)c4)nc(OCC(C)(F)F)n3)cc2)C1. The number of aromatic nitrogens is 3. The average molecular weight is 537 g/mol. The van der Waals surface area contributed by atoms with E-state index in [0.29, 0.717) is 19.4 Å². The Labute approximate surface area is 217 Å². The molecule has 2 aromatic carbocycles. The quantitative estimate of drug-likeness (QED) is 0.302. The number of piperidine rings is 1. The molecular weight excluding hydrogens is 507 g/mol. The molecule has 2 N–H and O–H groups in total. The summed E-state index contributed by atoms with van der Waals surface area (Å²) in [6.07, 6.45) is -2.14. The molecule has 0 spiro atoms. The van der Waals surface area contributed by atoms with E-state index in [4.69, 9.17) is 4.74 Å². The molecule has 38 heavy (non-hydrogen) atoms. The van der Waals surface area contributed by atoms with E-state index in [-0.39, 0.29) is 17.6 Å². The zero-order valence-electron chi connectivity index (χ0n) is 21.0. The van der Waals surface area contributed by atoms with Crippen LogP contribution in [0.2, 0.25) is 0 Å². The van der Waals surface area contributed by atoms with Gasteiger partial charge in [0.1, 0.15) is 0 Å². The third-order valence-corrected chi connectivity index (χ3v) is 5.92. The first-order valence-electron chi connectivity index (χ1n) is 12.2. The molecule has 204 valence electrons. The van der Waals surface area contributed by atoms with E-state index in [2.05, 4.69) is 37.4 Å². The number of alkyl halides is 5. The summed E-state index contributed by atoms with van der Waals surface area (Å²) in [5, 5.41) is 5.67. The largest absolute Gasteiger partial charge is 0.457 e. The van der Waals surface area contributed by atoms with Gasteiger partial charge in [-0.3, -0.25) is 0 Å². The Hall–Kier alpha value is -3.70. The summed E-state index contributed by atoms with van der Waals surface area (Å²) in [7, 11) is 0. The maximum absolute atomic E-state index is 13.3. The van der Waals surface area contributed by atoms with Crippen molar-refractivity contribution in [3.63, 3.8) is 0 Å². The van der Waals surface area contributed by atoms with E-state index in [1.807, 2.05) is 24.3 Å². The molecular formula is C26H29F5N6O. The Kier molecular flexibility index (Phi) is 8.17. The number of nitrogens with zero attached hydrogens (tertiary/aromatic N) is 4. The lowest BCUT2D eigenvalue weighted by atomic mass is 9.99. The van der Waals surface area contributed by atoms with Gasteiger partial charge < -0.3 is 20.3 Å². The highest BCUT2D eigenvalue weighted by Crippen LogP contribution is 2.31. The Bertz CT molecular complexity index is 1220. The molecule has 1 aliphatic rings. The molecule has 1 fully saturated rings. The van der Waals surface area contributed by atoms with Gasteiger partial charge in [0.25, 0.3) is 5.92 Å². The predicted octanol–water partition coefficient (Wildman–Crippen LogP) is 6.52. The lowest BCUT2D eigenvalue weighted by Gasteiger charge is -2.32. The number of halogens is 5. The highest BCUT2D eigenvalue weighted by Gasteiger charge is 2.30. The second-order valence-corrected chi connectivity index (χ2v) is 9.54. The Morgan fingerprint density at radius 3 is 2.42 bits per heavy atom. The first kappa shape index (κ1) is 27.3. The monoisotopic (exact) mass is 536 g/mol. The summed E-state index contributed by atoms with van der Waals surface area (Å²) < 4.78 is 70.9. The Balaban J connectivity index is 1.49. The molecule has 7 nitrogen and oxygen atoms in total. The van der Waals surface area contributed by atoms with Crippen molar-refractivity contribution in [2.45, 2.75) is 45.3 Å². The number of benzene rings is 2. The van der Waals surface area contributed by atoms with Crippen molar-refractivity contribution in [3.05, 3.63) is 59.7 Å². The molecule has 3 aromatic rings. The van der Waals surface area contributed by atoms with Crippen molar-refractivity contribution in [2.75, 3.05) is 35.2 Å². The summed E-state index contributed by atoms with van der Waals surface area (Å²) in [5.74, 6) is -2.64. The van der Waals surface area contributed by atoms with Crippen molar-refractivity contribution in [3.8, 4) is 6.01 Å². The molecule has 4 rings (SSSR count). The second-order valence-electron chi connectivity index (χ2n) is 9.54. The molecule has 0 amide bonds. The van der Waals surface area contributed by atoms with E-state index < -0.39 is 30.3 Å². The van der Waals surface area contributed by atoms with E-state index in [9.17, 15) is 22.0 Å². The number of nitrogens with one attached hydrogen (secondary N) is 2. The molecule has 0 radical (unpaired) electrons. The van der Waals surface area contributed by atoms with Crippen molar-refractivity contribution in [1.82, 2.24) is 15.0 Å². The standard InChI is InChI=1S/C26H29F5N6O/c1-17-5-4-12-37(15-17)21-10-8-18(9-11-21)14-32-22-34-23(36-24(35-22)38-16-25(2,27)28)33-20-7-3-6-19(13-20)26(29,30)31/h3,6-11,13,17H,4-5,12,14-16H2,1-2H3,(H2,32,33,34,35,36). The van der Waals surface area contributed by atoms with Crippen LogP contribution in [0.25, 0.3) is 0 Å². The zero-order chi connectivity index (χ0) is 27.3. The van der Waals surface area contributed by atoms with Crippen LogP contribution >= 0.6 is 0 Å². The van der Waals surface area contributed by atoms with Crippen LogP contribution in [0.3, 0.4) is 0 Å². The van der Waals surface area contributed by atoms with Crippen LogP contribution in [-0.4, -0.2) is 40.6 Å². The highest BCUT2D eigenvalue weighted by molar-refractivity contribution is 5.56. The highest BCUT2D eigenvalue weighted by atomic mass is 19.4. The van der Waals surface area contributed by atoms with E-state index in [1.165, 1.54) is 18.6 Å². The maximum atomic E-state index is 13.3. The molecule has 2 heterocycles. The minimum Gasteiger partial charge on any atom is -0.457 e. The van der Waals surface area contributed by atoms with Gasteiger partial charge in [-0.15, -0.1) is 0 Å². The number of hydrogen-bond acceptors (Lipinski definition) is 7. The summed E-state index contributed by atoms with van der Waals surface area (Å²) in [6.45, 7) is 4.30. The summed E-state index contributed by atoms with van der Waals surface area (Å²) >= 11 is 0. The van der Waals surface area contributed by atoms with Crippen molar-refractivity contribution >= 4 is 23.3 Å². The molecule has 0 saturated carbocycles. The van der Waals surface area contributed by atoms with Crippen molar-refractivity contribution in [2.24, 2.45) is 5.92 Å². The van der Waals surface area contributed by atoms with Crippen LogP contribution in [0.1, 0.15) is 37.8 Å². The number of ether oxygens (including phenoxy) is 1. The molecule has 1 atom stereocenters. The minimum absolute atomic E-state index is 0.0119. The summed E-state index contributed by atoms with van der Waals surface area (Å²) in [6, 6.07) is 12.1. The maximum Gasteiger partial charge on any atom is 0.416 e. The number of rotatable bonds is 9. The van der Waals surface area contributed by atoms with Gasteiger partial charge in [-0.2, -0.15) is 28.1 Å². The van der Waals surface area contributed by atoms with Gasteiger partial charge in [-0.05, 0) is 54.7 Å². The third kappa shape index (κ3) is 7.90. The molecule has 0 aliphatic carbocycles. The molecule has 12 heteroatoms. The van der Waals surface area contributed by atoms with Crippen molar-refractivity contribution < 1.29 is 26.7 Å². The van der Waals surface area contributed by atoms with Crippen LogP contribution in [0.4, 0.5) is 45.2 Å². The fraction of sp³-hybridized carbons (Fsp3) is 0.423. The Morgan fingerprint density at radius 2 is 1.74 bits per heavy atom. The fourth-order valence-corrected chi connectivity index (χ4v) is 4.08. The first-order chi connectivity index (χ1) is 17.9. The van der Waals surface area contributed by atoms with E-state index in [1.54, 1.807) is 0 Å². The van der Waals surface area contributed by atoms with Crippen molar-refractivity contribution in [1.29, 1.82) is 0 Å². The number of hydrogen-bond donors (Lipinski definition) is 2. The number of anilines is 4. The minimum atomic E-state index is -4.54. The first-order valence-corrected chi connectivity index (χ1v) is 12.2. The van der Waals surface area contributed by atoms with Gasteiger partial charge in [0, 0.05) is 37.9 Å².